The molecule has 0 aromatic carbocycles. The van der Waals surface area contributed by atoms with Gasteiger partial charge in [-0.3, -0.25) is 4.98 Å². The van der Waals surface area contributed by atoms with E-state index in [-0.39, 0.29) is 22.0 Å². The summed E-state index contributed by atoms with van der Waals surface area (Å²) in [6.45, 7) is 3.88. The van der Waals surface area contributed by atoms with Crippen LogP contribution in [0.1, 0.15) is 33.1 Å². The largest absolute Gasteiger partial charge is 0.263 e. The zero-order valence-electron chi connectivity index (χ0n) is 10.5. The molecule has 0 aliphatic carbocycles. The highest BCUT2D eigenvalue weighted by molar-refractivity contribution is 7.89. The van der Waals surface area contributed by atoms with Crippen LogP contribution in [0.2, 0.25) is 5.02 Å². The molecule has 1 aromatic heterocycles. The molecule has 1 aromatic rings. The Bertz CT molecular complexity index is 523. The van der Waals surface area contributed by atoms with Crippen LogP contribution < -0.4 is 0 Å². The SMILES string of the molecule is CC1CCCC(C)N1S(=O)(=O)c1cnccc1Cl. The van der Waals surface area contributed by atoms with Crippen molar-refractivity contribution in [1.82, 2.24) is 9.29 Å². The van der Waals surface area contributed by atoms with Crippen molar-refractivity contribution in [2.75, 3.05) is 0 Å². The molecule has 1 aliphatic heterocycles. The molecule has 1 fully saturated rings. The van der Waals surface area contributed by atoms with Crippen molar-refractivity contribution in [1.29, 1.82) is 0 Å². The molecule has 2 unspecified atom stereocenters. The number of piperidine rings is 1. The highest BCUT2D eigenvalue weighted by Gasteiger charge is 2.36. The van der Waals surface area contributed by atoms with Gasteiger partial charge < -0.3 is 0 Å². The van der Waals surface area contributed by atoms with Gasteiger partial charge in [-0.25, -0.2) is 8.42 Å². The summed E-state index contributed by atoms with van der Waals surface area (Å²) in [5.41, 5.74) is 0. The third kappa shape index (κ3) is 2.39. The van der Waals surface area contributed by atoms with E-state index in [1.165, 1.54) is 18.5 Å². The molecule has 2 heterocycles. The fraction of sp³-hybridized carbons (Fsp3) is 0.583. The highest BCUT2D eigenvalue weighted by atomic mass is 35.5. The van der Waals surface area contributed by atoms with Gasteiger partial charge in [-0.1, -0.05) is 18.0 Å². The van der Waals surface area contributed by atoms with Gasteiger partial charge >= 0.3 is 0 Å². The first-order chi connectivity index (χ1) is 8.44. The summed E-state index contributed by atoms with van der Waals surface area (Å²) in [6.07, 6.45) is 5.66. The van der Waals surface area contributed by atoms with Gasteiger partial charge in [-0.2, -0.15) is 4.31 Å². The number of hydrogen-bond donors (Lipinski definition) is 0. The molecule has 18 heavy (non-hydrogen) atoms. The fourth-order valence-electron chi connectivity index (χ4n) is 2.54. The van der Waals surface area contributed by atoms with Crippen molar-refractivity contribution in [2.24, 2.45) is 0 Å². The molecule has 1 saturated heterocycles. The number of rotatable bonds is 2. The van der Waals surface area contributed by atoms with Crippen molar-refractivity contribution in [3.8, 4) is 0 Å². The lowest BCUT2D eigenvalue weighted by atomic mass is 10.0. The van der Waals surface area contributed by atoms with Crippen LogP contribution in [-0.2, 0) is 10.0 Å². The van der Waals surface area contributed by atoms with Gasteiger partial charge in [0.2, 0.25) is 10.0 Å². The molecule has 0 N–H and O–H groups in total. The van der Waals surface area contributed by atoms with E-state index < -0.39 is 10.0 Å². The number of hydrogen-bond acceptors (Lipinski definition) is 3. The summed E-state index contributed by atoms with van der Waals surface area (Å²) in [5, 5.41) is 0.231. The number of halogens is 1. The second-order valence-corrected chi connectivity index (χ2v) is 6.99. The fourth-order valence-corrected chi connectivity index (χ4v) is 4.83. The molecule has 2 atom stereocenters. The molecule has 6 heteroatoms. The summed E-state index contributed by atoms with van der Waals surface area (Å²) in [4.78, 5) is 3.97. The second kappa shape index (κ2) is 5.15. The molecule has 0 spiro atoms. The zero-order chi connectivity index (χ0) is 13.3. The Hall–Kier alpha value is -0.650. The summed E-state index contributed by atoms with van der Waals surface area (Å²) < 4.78 is 26.8. The van der Waals surface area contributed by atoms with E-state index in [2.05, 4.69) is 4.98 Å². The quantitative estimate of drug-likeness (QED) is 0.841. The minimum absolute atomic E-state index is 0.00928. The molecule has 0 radical (unpaired) electrons. The highest BCUT2D eigenvalue weighted by Crippen LogP contribution is 2.31. The van der Waals surface area contributed by atoms with Crippen molar-refractivity contribution in [3.63, 3.8) is 0 Å². The van der Waals surface area contributed by atoms with Crippen LogP contribution in [0.5, 0.6) is 0 Å². The Morgan fingerprint density at radius 1 is 1.33 bits per heavy atom. The maximum atomic E-state index is 12.6. The first kappa shape index (κ1) is 13.8. The molecule has 1 aliphatic rings. The molecule has 0 amide bonds. The van der Waals surface area contributed by atoms with E-state index in [9.17, 15) is 8.42 Å². The standard InChI is InChI=1S/C12H17ClN2O2S/c1-9-4-3-5-10(2)15(9)18(16,17)12-8-14-7-6-11(12)13/h6-10H,3-5H2,1-2H3. The Labute approximate surface area is 113 Å². The Morgan fingerprint density at radius 3 is 2.50 bits per heavy atom. The molecule has 100 valence electrons. The van der Waals surface area contributed by atoms with Crippen LogP contribution in [0.3, 0.4) is 0 Å². The summed E-state index contributed by atoms with van der Waals surface area (Å²) in [6, 6.07) is 1.53. The number of aromatic nitrogens is 1. The van der Waals surface area contributed by atoms with E-state index in [1.807, 2.05) is 13.8 Å². The summed E-state index contributed by atoms with van der Waals surface area (Å²) in [5.74, 6) is 0. The molecule has 2 rings (SSSR count). The van der Waals surface area contributed by atoms with Gasteiger partial charge in [0.15, 0.2) is 0 Å². The first-order valence-corrected chi connectivity index (χ1v) is 7.89. The van der Waals surface area contributed by atoms with E-state index in [1.54, 1.807) is 4.31 Å². The normalized spacial score (nSPS) is 26.2. The van der Waals surface area contributed by atoms with Gasteiger partial charge in [0.1, 0.15) is 4.90 Å². The first-order valence-electron chi connectivity index (χ1n) is 6.07. The van der Waals surface area contributed by atoms with Gasteiger partial charge in [-0.05, 0) is 32.8 Å². The van der Waals surface area contributed by atoms with Gasteiger partial charge in [0.05, 0.1) is 5.02 Å². The Kier molecular flexibility index (Phi) is 3.94. The average Bonchev–Trinajstić information content (AvgIpc) is 2.28. The molecular formula is C12H17ClN2O2S. The van der Waals surface area contributed by atoms with Crippen molar-refractivity contribution in [3.05, 3.63) is 23.5 Å². The second-order valence-electron chi connectivity index (χ2n) is 4.77. The van der Waals surface area contributed by atoms with E-state index >= 15 is 0 Å². The van der Waals surface area contributed by atoms with Crippen LogP contribution in [0.25, 0.3) is 0 Å². The predicted molar refractivity (Wildman–Crippen MR) is 71.0 cm³/mol. The topological polar surface area (TPSA) is 50.3 Å². The zero-order valence-corrected chi connectivity index (χ0v) is 12.1. The van der Waals surface area contributed by atoms with Crippen LogP contribution in [0, 0.1) is 0 Å². The van der Waals surface area contributed by atoms with E-state index in [0.717, 1.165) is 19.3 Å². The number of pyridine rings is 1. The van der Waals surface area contributed by atoms with Gasteiger partial charge in [-0.15, -0.1) is 0 Å². The third-order valence-corrected chi connectivity index (χ3v) is 6.00. The predicted octanol–water partition coefficient (Wildman–Crippen LogP) is 2.69. The monoisotopic (exact) mass is 288 g/mol. The van der Waals surface area contributed by atoms with Gasteiger partial charge in [0, 0.05) is 24.5 Å². The lowest BCUT2D eigenvalue weighted by Crippen LogP contribution is -2.47. The molecule has 0 bridgehead atoms. The maximum Gasteiger partial charge on any atom is 0.246 e. The van der Waals surface area contributed by atoms with Crippen LogP contribution in [-0.4, -0.2) is 29.8 Å². The minimum atomic E-state index is -3.55. The van der Waals surface area contributed by atoms with E-state index in [0.29, 0.717) is 0 Å². The summed E-state index contributed by atoms with van der Waals surface area (Å²) in [7, 11) is -3.55. The Morgan fingerprint density at radius 2 is 1.94 bits per heavy atom. The van der Waals surface area contributed by atoms with Crippen molar-refractivity contribution >= 4 is 21.6 Å². The minimum Gasteiger partial charge on any atom is -0.263 e. The molecule has 4 nitrogen and oxygen atoms in total. The van der Waals surface area contributed by atoms with Crippen LogP contribution >= 0.6 is 11.6 Å². The van der Waals surface area contributed by atoms with Crippen molar-refractivity contribution in [2.45, 2.75) is 50.1 Å². The number of sulfonamides is 1. The summed E-state index contributed by atoms with van der Waals surface area (Å²) >= 11 is 5.98. The average molecular weight is 289 g/mol. The number of nitrogens with zero attached hydrogens (tertiary/aromatic N) is 2. The van der Waals surface area contributed by atoms with Crippen molar-refractivity contribution < 1.29 is 8.42 Å². The van der Waals surface area contributed by atoms with Crippen LogP contribution in [0.4, 0.5) is 0 Å². The van der Waals surface area contributed by atoms with Crippen LogP contribution in [0.15, 0.2) is 23.4 Å². The van der Waals surface area contributed by atoms with E-state index in [4.69, 9.17) is 11.6 Å². The molecule has 0 saturated carbocycles. The maximum absolute atomic E-state index is 12.6. The molecular weight excluding hydrogens is 272 g/mol. The lowest BCUT2D eigenvalue weighted by Gasteiger charge is -2.37. The Balaban J connectivity index is 2.45. The van der Waals surface area contributed by atoms with Gasteiger partial charge in [0.25, 0.3) is 0 Å². The lowest BCUT2D eigenvalue weighted by molar-refractivity contribution is 0.204. The third-order valence-electron chi connectivity index (χ3n) is 3.40. The smallest absolute Gasteiger partial charge is 0.246 e.